The Kier molecular flexibility index (Phi) is 14.0. The molecule has 0 heterocycles. The largest absolute Gasteiger partial charge is 0.481 e. The number of unbranched alkanes of at least 4 members (excludes halogenated alkanes) is 1. The molecule has 0 aliphatic rings. The van der Waals surface area contributed by atoms with Gasteiger partial charge in [0.2, 0.25) is 17.7 Å². The van der Waals surface area contributed by atoms with E-state index in [2.05, 4.69) is 16.0 Å². The second kappa shape index (κ2) is 15.5. The minimum Gasteiger partial charge on any atom is -0.481 e. The standard InChI is InChI=1S/C19H33N5O10/c1-9(25)15(21)18(32)22-10(5-6-13(26)27)16(30)24-12(8-14(28)29)17(31)23-11(19(33)34)4-2-3-7-20/h9-12,15,25H,2-8,20-21H2,1H3,(H,22,32)(H,23,31)(H,24,30)(H,26,27)(H,28,29)(H,33,34). The van der Waals surface area contributed by atoms with E-state index in [9.17, 15) is 39.0 Å². The van der Waals surface area contributed by atoms with Crippen molar-refractivity contribution in [2.24, 2.45) is 11.5 Å². The van der Waals surface area contributed by atoms with Gasteiger partial charge in [-0.2, -0.15) is 0 Å². The molecular formula is C19H33N5O10. The molecule has 34 heavy (non-hydrogen) atoms. The van der Waals surface area contributed by atoms with E-state index >= 15 is 0 Å². The molecule has 0 saturated carbocycles. The van der Waals surface area contributed by atoms with Crippen molar-refractivity contribution in [1.82, 2.24) is 16.0 Å². The van der Waals surface area contributed by atoms with Crippen molar-refractivity contribution in [3.63, 3.8) is 0 Å². The molecule has 0 aliphatic heterocycles. The lowest BCUT2D eigenvalue weighted by Crippen LogP contribution is -2.58. The highest BCUT2D eigenvalue weighted by molar-refractivity contribution is 5.95. The number of aliphatic carboxylic acids is 3. The first-order chi connectivity index (χ1) is 15.8. The van der Waals surface area contributed by atoms with E-state index in [1.165, 1.54) is 6.92 Å². The van der Waals surface area contributed by atoms with Crippen LogP contribution in [0, 0.1) is 0 Å². The van der Waals surface area contributed by atoms with Crippen molar-refractivity contribution >= 4 is 35.6 Å². The summed E-state index contributed by atoms with van der Waals surface area (Å²) in [6, 6.07) is -6.06. The number of carboxylic acids is 3. The zero-order valence-electron chi connectivity index (χ0n) is 18.7. The van der Waals surface area contributed by atoms with Gasteiger partial charge in [-0.05, 0) is 39.2 Å². The summed E-state index contributed by atoms with van der Waals surface area (Å²) < 4.78 is 0. The topological polar surface area (TPSA) is 271 Å². The summed E-state index contributed by atoms with van der Waals surface area (Å²) in [4.78, 5) is 70.9. The zero-order chi connectivity index (χ0) is 26.4. The molecule has 5 atom stereocenters. The predicted octanol–water partition coefficient (Wildman–Crippen LogP) is -3.30. The Morgan fingerprint density at radius 1 is 0.765 bits per heavy atom. The number of carbonyl (C=O) groups is 6. The van der Waals surface area contributed by atoms with Crippen molar-refractivity contribution in [2.45, 2.75) is 75.7 Å². The molecule has 0 spiro atoms. The molecule has 3 amide bonds. The first kappa shape index (κ1) is 30.7. The van der Waals surface area contributed by atoms with Crippen molar-refractivity contribution in [3.05, 3.63) is 0 Å². The van der Waals surface area contributed by atoms with Crippen molar-refractivity contribution in [3.8, 4) is 0 Å². The summed E-state index contributed by atoms with van der Waals surface area (Å²) in [5, 5.41) is 43.1. The zero-order valence-corrected chi connectivity index (χ0v) is 18.7. The lowest BCUT2D eigenvalue weighted by molar-refractivity contribution is -0.144. The van der Waals surface area contributed by atoms with Gasteiger partial charge in [-0.3, -0.25) is 24.0 Å². The molecule has 5 unspecified atom stereocenters. The van der Waals surface area contributed by atoms with Gasteiger partial charge in [-0.1, -0.05) is 0 Å². The van der Waals surface area contributed by atoms with Gasteiger partial charge in [-0.25, -0.2) is 4.79 Å². The maximum atomic E-state index is 12.7. The van der Waals surface area contributed by atoms with E-state index in [0.29, 0.717) is 19.4 Å². The highest BCUT2D eigenvalue weighted by Crippen LogP contribution is 2.05. The third-order valence-corrected chi connectivity index (χ3v) is 4.68. The number of aliphatic hydroxyl groups excluding tert-OH is 1. The molecule has 11 N–H and O–H groups in total. The lowest BCUT2D eigenvalue weighted by Gasteiger charge is -2.24. The normalized spacial score (nSPS) is 15.2. The van der Waals surface area contributed by atoms with Crippen LogP contribution in [0.2, 0.25) is 0 Å². The Balaban J connectivity index is 5.54. The second-order valence-corrected chi connectivity index (χ2v) is 7.60. The van der Waals surface area contributed by atoms with Crippen LogP contribution in [0.4, 0.5) is 0 Å². The van der Waals surface area contributed by atoms with Crippen molar-refractivity contribution in [1.29, 1.82) is 0 Å². The summed E-state index contributed by atoms with van der Waals surface area (Å²) in [6.07, 6.45) is -2.33. The summed E-state index contributed by atoms with van der Waals surface area (Å²) in [5.41, 5.74) is 10.9. The quantitative estimate of drug-likeness (QED) is 0.0905. The number of hydrogen-bond acceptors (Lipinski definition) is 9. The fourth-order valence-corrected chi connectivity index (χ4v) is 2.70. The van der Waals surface area contributed by atoms with Gasteiger partial charge in [0.1, 0.15) is 24.2 Å². The maximum Gasteiger partial charge on any atom is 0.326 e. The van der Waals surface area contributed by atoms with Gasteiger partial charge in [-0.15, -0.1) is 0 Å². The van der Waals surface area contributed by atoms with Crippen molar-refractivity contribution in [2.75, 3.05) is 6.54 Å². The molecule has 0 radical (unpaired) electrons. The molecular weight excluding hydrogens is 458 g/mol. The number of hydrogen-bond donors (Lipinski definition) is 9. The van der Waals surface area contributed by atoms with Crippen LogP contribution in [0.15, 0.2) is 0 Å². The third kappa shape index (κ3) is 12.1. The molecule has 0 aromatic carbocycles. The van der Waals surface area contributed by atoms with Crippen LogP contribution in [0.25, 0.3) is 0 Å². The molecule has 194 valence electrons. The van der Waals surface area contributed by atoms with E-state index in [0.717, 1.165) is 0 Å². The maximum absolute atomic E-state index is 12.7. The lowest BCUT2D eigenvalue weighted by atomic mass is 10.1. The summed E-state index contributed by atoms with van der Waals surface area (Å²) in [5.74, 6) is -7.33. The Morgan fingerprint density at radius 3 is 1.76 bits per heavy atom. The molecule has 0 bridgehead atoms. The Bertz CT molecular complexity index is 745. The average Bonchev–Trinajstić information content (AvgIpc) is 2.73. The average molecular weight is 491 g/mol. The number of carbonyl (C=O) groups excluding carboxylic acids is 3. The summed E-state index contributed by atoms with van der Waals surface area (Å²) >= 11 is 0. The van der Waals surface area contributed by atoms with Gasteiger partial charge >= 0.3 is 17.9 Å². The van der Waals surface area contributed by atoms with E-state index in [-0.39, 0.29) is 6.42 Å². The van der Waals surface area contributed by atoms with Gasteiger partial charge in [0.15, 0.2) is 0 Å². The van der Waals surface area contributed by atoms with Crippen LogP contribution in [-0.4, -0.2) is 92.9 Å². The molecule has 15 heteroatoms. The SMILES string of the molecule is CC(O)C(N)C(=O)NC(CCC(=O)O)C(=O)NC(CC(=O)O)C(=O)NC(CCCCN)C(=O)O. The number of carboxylic acid groups (broad SMARTS) is 3. The molecule has 0 aliphatic carbocycles. The van der Waals surface area contributed by atoms with Crippen molar-refractivity contribution < 1.29 is 49.2 Å². The molecule has 15 nitrogen and oxygen atoms in total. The fraction of sp³-hybridized carbons (Fsp3) is 0.684. The van der Waals surface area contributed by atoms with E-state index in [1.54, 1.807) is 0 Å². The van der Waals surface area contributed by atoms with E-state index in [4.69, 9.17) is 21.7 Å². The van der Waals surface area contributed by atoms with Crippen LogP contribution < -0.4 is 27.4 Å². The van der Waals surface area contributed by atoms with E-state index < -0.39 is 85.2 Å². The molecule has 0 aromatic rings. The number of nitrogens with one attached hydrogen (secondary N) is 3. The Hall–Kier alpha value is -3.30. The summed E-state index contributed by atoms with van der Waals surface area (Å²) in [7, 11) is 0. The van der Waals surface area contributed by atoms with Gasteiger partial charge in [0, 0.05) is 6.42 Å². The van der Waals surface area contributed by atoms with Gasteiger partial charge < -0.3 is 47.8 Å². The van der Waals surface area contributed by atoms with E-state index in [1.807, 2.05) is 0 Å². The van der Waals surface area contributed by atoms with Crippen LogP contribution in [0.1, 0.15) is 45.4 Å². The minimum absolute atomic E-state index is 0.0144. The number of nitrogens with two attached hydrogens (primary N) is 2. The summed E-state index contributed by atoms with van der Waals surface area (Å²) in [6.45, 7) is 1.52. The monoisotopic (exact) mass is 491 g/mol. The molecule has 0 fully saturated rings. The highest BCUT2D eigenvalue weighted by Gasteiger charge is 2.32. The van der Waals surface area contributed by atoms with Crippen LogP contribution in [-0.2, 0) is 28.8 Å². The first-order valence-corrected chi connectivity index (χ1v) is 10.5. The van der Waals surface area contributed by atoms with Crippen LogP contribution in [0.5, 0.6) is 0 Å². The molecule has 0 aromatic heterocycles. The molecule has 0 saturated heterocycles. The number of aliphatic hydroxyl groups is 1. The highest BCUT2D eigenvalue weighted by atomic mass is 16.4. The third-order valence-electron chi connectivity index (χ3n) is 4.68. The second-order valence-electron chi connectivity index (χ2n) is 7.60. The molecule has 0 rings (SSSR count). The number of amides is 3. The van der Waals surface area contributed by atoms with Gasteiger partial charge in [0.25, 0.3) is 0 Å². The van der Waals surface area contributed by atoms with Crippen LogP contribution >= 0.6 is 0 Å². The predicted molar refractivity (Wildman–Crippen MR) is 115 cm³/mol. The minimum atomic E-state index is -1.73. The number of rotatable bonds is 17. The fourth-order valence-electron chi connectivity index (χ4n) is 2.70. The first-order valence-electron chi connectivity index (χ1n) is 10.5. The Morgan fingerprint density at radius 2 is 1.29 bits per heavy atom. The van der Waals surface area contributed by atoms with Crippen LogP contribution in [0.3, 0.4) is 0 Å². The smallest absolute Gasteiger partial charge is 0.326 e. The Labute approximate surface area is 195 Å². The van der Waals surface area contributed by atoms with Gasteiger partial charge in [0.05, 0.1) is 12.5 Å².